The summed E-state index contributed by atoms with van der Waals surface area (Å²) in [5.74, 6) is 6.52. The van der Waals surface area contributed by atoms with Crippen molar-refractivity contribution in [3.05, 3.63) is 16.7 Å². The normalized spacial score (nSPS) is 22.9. The Kier molecular flexibility index (Phi) is 4.96. The molecule has 1 aromatic rings. The Morgan fingerprint density at radius 3 is 2.95 bits per heavy atom. The predicted octanol–water partition coefficient (Wildman–Crippen LogP) is 1.69. The number of hydrazine groups is 1. The van der Waals surface area contributed by atoms with Gasteiger partial charge in [-0.1, -0.05) is 0 Å². The van der Waals surface area contributed by atoms with Crippen molar-refractivity contribution in [2.24, 2.45) is 5.84 Å². The van der Waals surface area contributed by atoms with Gasteiger partial charge in [0.2, 0.25) is 10.0 Å². The summed E-state index contributed by atoms with van der Waals surface area (Å²) in [7, 11) is -3.65. The average molecular weight is 381 g/mol. The van der Waals surface area contributed by atoms with Gasteiger partial charge < -0.3 is 5.43 Å². The lowest BCUT2D eigenvalue weighted by atomic mass is 10.1. The van der Waals surface area contributed by atoms with E-state index < -0.39 is 10.0 Å². The van der Waals surface area contributed by atoms with Crippen molar-refractivity contribution >= 4 is 43.5 Å². The summed E-state index contributed by atoms with van der Waals surface area (Å²) in [4.78, 5) is 4.00. The van der Waals surface area contributed by atoms with E-state index in [4.69, 9.17) is 5.84 Å². The summed E-state index contributed by atoms with van der Waals surface area (Å²) < 4.78 is 28.0. The topological polar surface area (TPSA) is 97.1 Å². The fourth-order valence-corrected chi connectivity index (χ4v) is 5.17. The molecule has 9 heteroatoms. The zero-order valence-electron chi connectivity index (χ0n) is 11.0. The highest BCUT2D eigenvalue weighted by Gasteiger charge is 2.31. The number of sulfonamides is 1. The maximum atomic E-state index is 12.4. The van der Waals surface area contributed by atoms with Gasteiger partial charge in [0, 0.05) is 22.0 Å². The van der Waals surface area contributed by atoms with Gasteiger partial charge in [0.15, 0.2) is 5.82 Å². The van der Waals surface area contributed by atoms with Crippen LogP contribution >= 0.6 is 27.7 Å². The molecule has 1 aliphatic heterocycles. The molecular formula is C11H17BrN4O2S2. The summed E-state index contributed by atoms with van der Waals surface area (Å²) in [5, 5.41) is 0. The molecule has 2 heterocycles. The molecule has 1 atom stereocenters. The fraction of sp³-hybridized carbons (Fsp3) is 0.545. The number of hydrogen-bond acceptors (Lipinski definition) is 6. The van der Waals surface area contributed by atoms with E-state index in [0.29, 0.717) is 11.0 Å². The van der Waals surface area contributed by atoms with E-state index >= 15 is 0 Å². The Hall–Kier alpha value is -0.350. The number of pyridine rings is 1. The first-order valence-electron chi connectivity index (χ1n) is 6.12. The highest BCUT2D eigenvalue weighted by atomic mass is 79.9. The molecule has 1 unspecified atom stereocenters. The Bertz CT molecular complexity index is 588. The van der Waals surface area contributed by atoms with Gasteiger partial charge in [-0.2, -0.15) is 11.8 Å². The first-order valence-corrected chi connectivity index (χ1v) is 9.38. The van der Waals surface area contributed by atoms with Crippen molar-refractivity contribution < 1.29 is 8.42 Å². The van der Waals surface area contributed by atoms with E-state index in [-0.39, 0.29) is 15.5 Å². The van der Waals surface area contributed by atoms with Gasteiger partial charge >= 0.3 is 0 Å². The number of thioether (sulfide) groups is 1. The van der Waals surface area contributed by atoms with Crippen LogP contribution in [0.3, 0.4) is 0 Å². The van der Waals surface area contributed by atoms with E-state index in [0.717, 1.165) is 18.6 Å². The van der Waals surface area contributed by atoms with Crippen molar-refractivity contribution in [1.29, 1.82) is 0 Å². The van der Waals surface area contributed by atoms with E-state index in [1.54, 1.807) is 11.8 Å². The molecule has 112 valence electrons. The number of hydrogen-bond donors (Lipinski definition) is 3. The van der Waals surface area contributed by atoms with Crippen molar-refractivity contribution in [3.8, 4) is 0 Å². The Morgan fingerprint density at radius 1 is 1.60 bits per heavy atom. The Morgan fingerprint density at radius 2 is 2.35 bits per heavy atom. The Balaban J connectivity index is 2.20. The monoisotopic (exact) mass is 380 g/mol. The number of nitrogens with two attached hydrogens (primary N) is 1. The molecule has 0 spiro atoms. The zero-order valence-corrected chi connectivity index (χ0v) is 14.2. The lowest BCUT2D eigenvalue weighted by Gasteiger charge is -2.23. The first kappa shape index (κ1) is 16.0. The largest absolute Gasteiger partial charge is 0.307 e. The molecule has 1 aliphatic rings. The molecule has 0 aliphatic carbocycles. The van der Waals surface area contributed by atoms with Crippen LogP contribution in [0.15, 0.2) is 21.6 Å². The third-order valence-corrected chi connectivity index (χ3v) is 6.57. The summed E-state index contributed by atoms with van der Waals surface area (Å²) >= 11 is 5.02. The minimum atomic E-state index is -3.65. The first-order chi connectivity index (χ1) is 9.36. The van der Waals surface area contributed by atoms with Crippen LogP contribution in [0.5, 0.6) is 0 Å². The molecule has 0 saturated carbocycles. The molecule has 2 rings (SSSR count). The molecule has 6 nitrogen and oxygen atoms in total. The van der Waals surface area contributed by atoms with Crippen molar-refractivity contribution in [1.82, 2.24) is 9.71 Å². The van der Waals surface area contributed by atoms with E-state index in [1.807, 2.05) is 0 Å². The molecule has 20 heavy (non-hydrogen) atoms. The van der Waals surface area contributed by atoms with Crippen molar-refractivity contribution in [2.75, 3.05) is 17.7 Å². The molecule has 4 N–H and O–H groups in total. The second kappa shape index (κ2) is 6.18. The van der Waals surface area contributed by atoms with Gasteiger partial charge in [-0.15, -0.1) is 0 Å². The number of nitrogens with zero attached hydrogens (tertiary/aromatic N) is 1. The summed E-state index contributed by atoms with van der Waals surface area (Å²) in [5.41, 5.74) is 2.31. The van der Waals surface area contributed by atoms with Gasteiger partial charge in [-0.3, -0.25) is 0 Å². The number of rotatable bonds is 5. The van der Waals surface area contributed by atoms with Gasteiger partial charge in [-0.05, 0) is 47.5 Å². The van der Waals surface area contributed by atoms with Gasteiger partial charge in [0.1, 0.15) is 4.90 Å². The number of halogens is 1. The van der Waals surface area contributed by atoms with Crippen LogP contribution in [0.4, 0.5) is 5.82 Å². The molecule has 1 fully saturated rings. The molecule has 1 aromatic heterocycles. The van der Waals surface area contributed by atoms with Crippen LogP contribution in [0, 0.1) is 0 Å². The van der Waals surface area contributed by atoms with Gasteiger partial charge in [0.05, 0.1) is 0 Å². The lowest BCUT2D eigenvalue weighted by Crippen LogP contribution is -2.37. The molecule has 0 aromatic carbocycles. The van der Waals surface area contributed by atoms with Crippen molar-refractivity contribution in [2.45, 2.75) is 29.4 Å². The highest BCUT2D eigenvalue weighted by Crippen LogP contribution is 2.37. The molecule has 0 radical (unpaired) electrons. The van der Waals surface area contributed by atoms with Gasteiger partial charge in [0.25, 0.3) is 0 Å². The van der Waals surface area contributed by atoms with Crippen molar-refractivity contribution in [3.63, 3.8) is 0 Å². The molecule has 0 bridgehead atoms. The maximum absolute atomic E-state index is 12.4. The van der Waals surface area contributed by atoms with Crippen LogP contribution in [0.25, 0.3) is 0 Å². The third-order valence-electron chi connectivity index (χ3n) is 3.18. The van der Waals surface area contributed by atoms with Crippen LogP contribution < -0.4 is 16.0 Å². The average Bonchev–Trinajstić information content (AvgIpc) is 2.84. The molecular weight excluding hydrogens is 364 g/mol. The minimum Gasteiger partial charge on any atom is -0.307 e. The predicted molar refractivity (Wildman–Crippen MR) is 85.0 cm³/mol. The number of nitrogen functional groups attached to an aromatic ring is 1. The molecule has 0 amide bonds. The summed E-state index contributed by atoms with van der Waals surface area (Å²) in [6.45, 7) is 2.48. The standard InChI is InChI=1S/C11H17BrN4O2S2/c1-11(3-2-4-19-11)7-15-20(17,18)9-5-8(12)6-14-10(9)16-13/h5-6,15H,2-4,7,13H2,1H3,(H,14,16). The minimum absolute atomic E-state index is 0.0389. The van der Waals surface area contributed by atoms with E-state index in [2.05, 4.69) is 38.0 Å². The maximum Gasteiger partial charge on any atom is 0.244 e. The summed E-state index contributed by atoms with van der Waals surface area (Å²) in [6.07, 6.45) is 3.62. The van der Waals surface area contributed by atoms with Gasteiger partial charge in [-0.25, -0.2) is 24.0 Å². The second-order valence-electron chi connectivity index (χ2n) is 4.87. The Labute approximate surface area is 131 Å². The van der Waals surface area contributed by atoms with Crippen LogP contribution in [-0.4, -0.2) is 30.4 Å². The SMILES string of the molecule is CC1(CNS(=O)(=O)c2cc(Br)cnc2NN)CCCS1. The zero-order chi connectivity index (χ0) is 14.8. The second-order valence-corrected chi connectivity index (χ2v) is 9.20. The van der Waals surface area contributed by atoms with Crippen LogP contribution in [-0.2, 0) is 10.0 Å². The highest BCUT2D eigenvalue weighted by molar-refractivity contribution is 9.10. The number of nitrogens with one attached hydrogen (secondary N) is 2. The smallest absolute Gasteiger partial charge is 0.244 e. The fourth-order valence-electron chi connectivity index (χ4n) is 2.04. The van der Waals surface area contributed by atoms with Crippen LogP contribution in [0.1, 0.15) is 19.8 Å². The quantitative estimate of drug-likeness (QED) is 0.531. The molecule has 1 saturated heterocycles. The number of aromatic nitrogens is 1. The van der Waals surface area contributed by atoms with E-state index in [1.165, 1.54) is 12.3 Å². The lowest BCUT2D eigenvalue weighted by molar-refractivity contribution is 0.552. The summed E-state index contributed by atoms with van der Waals surface area (Å²) in [6, 6.07) is 1.48. The van der Waals surface area contributed by atoms with Crippen LogP contribution in [0.2, 0.25) is 0 Å². The third kappa shape index (κ3) is 3.64. The van der Waals surface area contributed by atoms with E-state index in [9.17, 15) is 8.42 Å². The number of anilines is 1.